The molecule has 0 aliphatic carbocycles. The first kappa shape index (κ1) is 32.1. The summed E-state index contributed by atoms with van der Waals surface area (Å²) in [6, 6.07) is 33.9. The predicted octanol–water partition coefficient (Wildman–Crippen LogP) is 6.99. The summed E-state index contributed by atoms with van der Waals surface area (Å²) >= 11 is 0. The van der Waals surface area contributed by atoms with Crippen molar-refractivity contribution in [2.75, 3.05) is 18.5 Å². The number of fused-ring (bicyclic) bond motifs is 2. The fourth-order valence-electron chi connectivity index (χ4n) is 7.32. The van der Waals surface area contributed by atoms with E-state index in [0.29, 0.717) is 43.6 Å². The van der Waals surface area contributed by atoms with Crippen molar-refractivity contribution in [3.05, 3.63) is 148 Å². The number of anilines is 1. The van der Waals surface area contributed by atoms with Gasteiger partial charge in [-0.2, -0.15) is 0 Å². The molecule has 7 rings (SSSR count). The van der Waals surface area contributed by atoms with E-state index in [1.807, 2.05) is 107 Å². The monoisotopic (exact) mass is 650 g/mol. The number of hydrogen-bond acceptors (Lipinski definition) is 3. The summed E-state index contributed by atoms with van der Waals surface area (Å²) in [7, 11) is 3.75. The Morgan fingerprint density at radius 3 is 2.18 bits per heavy atom. The van der Waals surface area contributed by atoms with Crippen LogP contribution in [-0.2, 0) is 44.2 Å². The van der Waals surface area contributed by atoms with Crippen LogP contribution in [0.1, 0.15) is 61.2 Å². The van der Waals surface area contributed by atoms with Gasteiger partial charge in [0.2, 0.25) is 5.91 Å². The average Bonchev–Trinajstić information content (AvgIpc) is 3.43. The number of carbonyl (C=O) groups excluding carboxylic acids is 3. The molecule has 2 aliphatic rings. The van der Waals surface area contributed by atoms with Crippen molar-refractivity contribution in [2.24, 2.45) is 7.05 Å². The zero-order valence-electron chi connectivity index (χ0n) is 28.6. The molecule has 0 bridgehead atoms. The van der Waals surface area contributed by atoms with Gasteiger partial charge in [0.05, 0.1) is 12.0 Å². The lowest BCUT2D eigenvalue weighted by atomic mass is 9.89. The number of carbonyl (C=O) groups is 3. The highest BCUT2D eigenvalue weighted by Crippen LogP contribution is 2.36. The fourth-order valence-corrected chi connectivity index (χ4v) is 7.32. The Kier molecular flexibility index (Phi) is 8.68. The fraction of sp³-hybridized carbons (Fsp3) is 0.262. The van der Waals surface area contributed by atoms with Gasteiger partial charge in [-0.1, -0.05) is 72.8 Å². The summed E-state index contributed by atoms with van der Waals surface area (Å²) in [4.78, 5) is 47.6. The molecule has 2 aliphatic heterocycles. The van der Waals surface area contributed by atoms with Crippen LogP contribution in [0, 0.1) is 6.92 Å². The molecule has 0 saturated heterocycles. The van der Waals surface area contributed by atoms with E-state index in [4.69, 9.17) is 0 Å². The summed E-state index contributed by atoms with van der Waals surface area (Å²) in [5, 5.41) is 0. The van der Waals surface area contributed by atoms with E-state index < -0.39 is 0 Å². The molecule has 7 heteroatoms. The molecular formula is C42H42N4O3. The quantitative estimate of drug-likeness (QED) is 0.199. The summed E-state index contributed by atoms with van der Waals surface area (Å²) in [6.45, 7) is 5.67. The van der Waals surface area contributed by atoms with Gasteiger partial charge >= 0.3 is 0 Å². The van der Waals surface area contributed by atoms with Gasteiger partial charge in [0, 0.05) is 68.0 Å². The van der Waals surface area contributed by atoms with Gasteiger partial charge in [0.15, 0.2) is 0 Å². The van der Waals surface area contributed by atoms with E-state index in [2.05, 4.69) is 31.2 Å². The number of rotatable bonds is 6. The maximum absolute atomic E-state index is 14.7. The van der Waals surface area contributed by atoms with E-state index in [1.54, 1.807) is 11.9 Å². The zero-order valence-corrected chi connectivity index (χ0v) is 28.6. The highest BCUT2D eigenvalue weighted by atomic mass is 16.2. The number of hydrogen-bond donors (Lipinski definition) is 0. The van der Waals surface area contributed by atoms with E-state index >= 15 is 0 Å². The van der Waals surface area contributed by atoms with Crippen molar-refractivity contribution in [2.45, 2.75) is 52.2 Å². The molecule has 3 amide bonds. The molecule has 0 unspecified atom stereocenters. The van der Waals surface area contributed by atoms with Crippen LogP contribution < -0.4 is 4.90 Å². The van der Waals surface area contributed by atoms with Crippen molar-refractivity contribution in [1.29, 1.82) is 0 Å². The summed E-state index contributed by atoms with van der Waals surface area (Å²) < 4.78 is 2.03. The first-order valence-corrected chi connectivity index (χ1v) is 17.0. The maximum Gasteiger partial charge on any atom is 0.259 e. The molecule has 4 aromatic carbocycles. The van der Waals surface area contributed by atoms with Crippen LogP contribution in [-0.4, -0.2) is 51.7 Å². The molecule has 0 radical (unpaired) electrons. The van der Waals surface area contributed by atoms with Crippen LogP contribution in [0.3, 0.4) is 0 Å². The standard InChI is InChI=1S/C42H42N4O3/c1-28-21-31-15-11-12-16-33(31)27-46(28)42(49)38-24-34-26-45(40(47)22-30-13-7-5-8-14-30)20-19-32(34)23-37(38)39-25-36(29(2)43(39)3)41(48)44(4)35-17-9-6-10-18-35/h5-18,23-25,28H,19-22,26-27H2,1-4H3/t28-/m1/s1. The first-order chi connectivity index (χ1) is 23.7. The van der Waals surface area contributed by atoms with Crippen molar-refractivity contribution >= 4 is 23.4 Å². The lowest BCUT2D eigenvalue weighted by Crippen LogP contribution is -2.43. The number of amides is 3. The number of para-hydroxylation sites is 1. The molecule has 3 heterocycles. The second-order valence-corrected chi connectivity index (χ2v) is 13.4. The van der Waals surface area contributed by atoms with E-state index in [0.717, 1.165) is 51.3 Å². The minimum absolute atomic E-state index is 0.0158. The molecule has 1 aromatic heterocycles. The van der Waals surface area contributed by atoms with Crippen LogP contribution in [0.2, 0.25) is 0 Å². The van der Waals surface area contributed by atoms with Crippen molar-refractivity contribution in [1.82, 2.24) is 14.4 Å². The molecule has 1 atom stereocenters. The van der Waals surface area contributed by atoms with Crippen LogP contribution in [0.25, 0.3) is 11.3 Å². The maximum atomic E-state index is 14.7. The van der Waals surface area contributed by atoms with Gasteiger partial charge in [-0.05, 0) is 84.8 Å². The molecule has 0 saturated carbocycles. The second kappa shape index (κ2) is 13.2. The number of aromatic nitrogens is 1. The molecule has 0 spiro atoms. The molecule has 49 heavy (non-hydrogen) atoms. The van der Waals surface area contributed by atoms with Crippen molar-refractivity contribution in [3.63, 3.8) is 0 Å². The summed E-state index contributed by atoms with van der Waals surface area (Å²) in [6.07, 6.45) is 1.83. The summed E-state index contributed by atoms with van der Waals surface area (Å²) in [5.41, 5.74) is 10.0. The average molecular weight is 651 g/mol. The lowest BCUT2D eigenvalue weighted by molar-refractivity contribution is -0.131. The van der Waals surface area contributed by atoms with E-state index in [1.165, 1.54) is 5.56 Å². The molecule has 0 N–H and O–H groups in total. The van der Waals surface area contributed by atoms with E-state index in [9.17, 15) is 14.4 Å². The Morgan fingerprint density at radius 2 is 1.45 bits per heavy atom. The Labute approximate surface area is 288 Å². The highest BCUT2D eigenvalue weighted by Gasteiger charge is 2.32. The van der Waals surface area contributed by atoms with Crippen molar-refractivity contribution < 1.29 is 14.4 Å². The zero-order chi connectivity index (χ0) is 34.2. The number of nitrogens with zero attached hydrogens (tertiary/aromatic N) is 4. The Bertz CT molecular complexity index is 2050. The van der Waals surface area contributed by atoms with Crippen LogP contribution in [0.5, 0.6) is 0 Å². The third-order valence-electron chi connectivity index (χ3n) is 10.4. The minimum atomic E-state index is -0.106. The van der Waals surface area contributed by atoms with Crippen LogP contribution in [0.4, 0.5) is 5.69 Å². The summed E-state index contributed by atoms with van der Waals surface area (Å²) in [5.74, 6) is -0.0651. The Balaban J connectivity index is 1.28. The second-order valence-electron chi connectivity index (χ2n) is 13.4. The van der Waals surface area contributed by atoms with E-state index in [-0.39, 0.29) is 23.8 Å². The highest BCUT2D eigenvalue weighted by molar-refractivity contribution is 6.08. The molecule has 7 nitrogen and oxygen atoms in total. The predicted molar refractivity (Wildman–Crippen MR) is 194 cm³/mol. The molecular weight excluding hydrogens is 608 g/mol. The Morgan fingerprint density at radius 1 is 0.776 bits per heavy atom. The normalized spacial score (nSPS) is 15.4. The van der Waals surface area contributed by atoms with Gasteiger partial charge in [-0.25, -0.2) is 0 Å². The number of benzene rings is 4. The minimum Gasteiger partial charge on any atom is -0.347 e. The third-order valence-corrected chi connectivity index (χ3v) is 10.4. The van der Waals surface area contributed by atoms with Crippen LogP contribution >= 0.6 is 0 Å². The molecule has 0 fully saturated rings. The van der Waals surface area contributed by atoms with Gasteiger partial charge in [-0.15, -0.1) is 0 Å². The topological polar surface area (TPSA) is 65.9 Å². The largest absolute Gasteiger partial charge is 0.347 e. The first-order valence-electron chi connectivity index (χ1n) is 17.0. The van der Waals surface area contributed by atoms with Crippen molar-refractivity contribution in [3.8, 4) is 11.3 Å². The van der Waals surface area contributed by atoms with Gasteiger partial charge < -0.3 is 19.3 Å². The van der Waals surface area contributed by atoms with Gasteiger partial charge in [0.1, 0.15) is 0 Å². The Hall–Kier alpha value is -5.43. The molecule has 248 valence electrons. The smallest absolute Gasteiger partial charge is 0.259 e. The van der Waals surface area contributed by atoms with Gasteiger partial charge in [-0.3, -0.25) is 14.4 Å². The molecule has 5 aromatic rings. The van der Waals surface area contributed by atoms with Crippen LogP contribution in [0.15, 0.2) is 103 Å². The third kappa shape index (κ3) is 6.17. The lowest BCUT2D eigenvalue weighted by Gasteiger charge is -2.36. The SMILES string of the molecule is Cc1c(C(=O)N(C)c2ccccc2)cc(-c2cc3c(cc2C(=O)N2Cc4ccccc4C[C@H]2C)CN(C(=O)Cc2ccccc2)CC3)n1C. The van der Waals surface area contributed by atoms with Gasteiger partial charge in [0.25, 0.3) is 11.8 Å².